The summed E-state index contributed by atoms with van der Waals surface area (Å²) in [5.41, 5.74) is 0.330. The van der Waals surface area contributed by atoms with Crippen LogP contribution in [0.4, 0.5) is 0 Å². The molecular formula is C18H20INO2. The lowest BCUT2D eigenvalue weighted by Crippen LogP contribution is -2.59. The van der Waals surface area contributed by atoms with Gasteiger partial charge in [-0.1, -0.05) is 37.3 Å². The summed E-state index contributed by atoms with van der Waals surface area (Å²) in [7, 11) is 0. The van der Waals surface area contributed by atoms with Crippen molar-refractivity contribution < 1.29 is 9.59 Å². The second-order valence-electron chi connectivity index (χ2n) is 6.16. The maximum Gasteiger partial charge on any atom is 0.237 e. The lowest BCUT2D eigenvalue weighted by Gasteiger charge is -2.49. The quantitative estimate of drug-likeness (QED) is 0.703. The number of ketones is 1. The van der Waals surface area contributed by atoms with E-state index in [1.54, 1.807) is 0 Å². The standard InChI is InChI=1S/C18H20INO2/c1-3-20-10-9-14-12(2)16(21)15(19)11-18(14,17(20)22)13-7-5-4-6-8-13/h4-8,11-12,14H,3,9-10H2,1-2H3/t12-,14-,18?/m0/s1. The number of nitrogens with zero attached hydrogens (tertiary/aromatic N) is 1. The van der Waals surface area contributed by atoms with Crippen molar-refractivity contribution in [3.8, 4) is 0 Å². The summed E-state index contributed by atoms with van der Waals surface area (Å²) in [6, 6.07) is 9.95. The minimum Gasteiger partial charge on any atom is -0.342 e. The highest BCUT2D eigenvalue weighted by molar-refractivity contribution is 14.1. The van der Waals surface area contributed by atoms with Crippen LogP contribution in [0.5, 0.6) is 0 Å². The molecule has 1 aliphatic heterocycles. The molecule has 0 spiro atoms. The second-order valence-corrected chi connectivity index (χ2v) is 7.32. The predicted molar refractivity (Wildman–Crippen MR) is 94.8 cm³/mol. The summed E-state index contributed by atoms with van der Waals surface area (Å²) in [4.78, 5) is 27.6. The predicted octanol–water partition coefficient (Wildman–Crippen LogP) is 3.33. The Bertz CT molecular complexity index is 640. The highest BCUT2D eigenvalue weighted by atomic mass is 127. The highest BCUT2D eigenvalue weighted by Crippen LogP contribution is 2.49. The summed E-state index contributed by atoms with van der Waals surface area (Å²) in [6.45, 7) is 5.46. The maximum atomic E-state index is 13.3. The minimum atomic E-state index is -0.681. The van der Waals surface area contributed by atoms with Crippen molar-refractivity contribution in [1.29, 1.82) is 0 Å². The summed E-state index contributed by atoms with van der Waals surface area (Å²) < 4.78 is 0.691. The number of fused-ring (bicyclic) bond motifs is 1. The number of piperidine rings is 1. The number of carbonyl (C=O) groups excluding carboxylic acids is 2. The van der Waals surface area contributed by atoms with Crippen LogP contribution < -0.4 is 0 Å². The van der Waals surface area contributed by atoms with Crippen LogP contribution in [0, 0.1) is 11.8 Å². The second kappa shape index (κ2) is 5.80. The zero-order chi connectivity index (χ0) is 15.9. The number of halogens is 1. The van der Waals surface area contributed by atoms with Crippen molar-refractivity contribution in [2.75, 3.05) is 13.1 Å². The fourth-order valence-electron chi connectivity index (χ4n) is 3.97. The molecule has 1 aromatic rings. The van der Waals surface area contributed by atoms with Gasteiger partial charge >= 0.3 is 0 Å². The monoisotopic (exact) mass is 409 g/mol. The van der Waals surface area contributed by atoms with E-state index in [0.29, 0.717) is 10.1 Å². The Kier molecular flexibility index (Phi) is 4.14. The largest absolute Gasteiger partial charge is 0.342 e. The molecule has 0 radical (unpaired) electrons. The number of likely N-dealkylation sites (tertiary alicyclic amines) is 1. The number of Topliss-reactive ketones (excluding diaryl/α,β-unsaturated/α-hetero) is 1. The Hall–Kier alpha value is -1.17. The molecule has 22 heavy (non-hydrogen) atoms. The molecule has 2 aliphatic rings. The molecule has 1 heterocycles. The van der Waals surface area contributed by atoms with Crippen LogP contribution in [0.1, 0.15) is 25.8 Å². The van der Waals surface area contributed by atoms with Gasteiger partial charge in [-0.25, -0.2) is 0 Å². The third-order valence-electron chi connectivity index (χ3n) is 5.18. The van der Waals surface area contributed by atoms with E-state index >= 15 is 0 Å². The fraction of sp³-hybridized carbons (Fsp3) is 0.444. The molecule has 1 amide bonds. The number of hydrogen-bond acceptors (Lipinski definition) is 2. The van der Waals surface area contributed by atoms with E-state index in [0.717, 1.165) is 18.5 Å². The van der Waals surface area contributed by atoms with E-state index in [2.05, 4.69) is 22.6 Å². The summed E-state index contributed by atoms with van der Waals surface area (Å²) in [6.07, 6.45) is 2.81. The van der Waals surface area contributed by atoms with Crippen molar-refractivity contribution in [3.63, 3.8) is 0 Å². The number of benzene rings is 1. The molecule has 1 unspecified atom stereocenters. The molecule has 0 saturated carbocycles. The number of rotatable bonds is 2. The van der Waals surface area contributed by atoms with Gasteiger partial charge in [-0.15, -0.1) is 0 Å². The molecule has 0 aromatic heterocycles. The van der Waals surface area contributed by atoms with Crippen molar-refractivity contribution >= 4 is 34.3 Å². The molecule has 1 saturated heterocycles. The maximum absolute atomic E-state index is 13.3. The summed E-state index contributed by atoms with van der Waals surface area (Å²) >= 11 is 2.09. The van der Waals surface area contributed by atoms with Gasteiger partial charge in [0.15, 0.2) is 5.78 Å². The molecule has 3 nitrogen and oxygen atoms in total. The Labute approximate surface area is 144 Å². The van der Waals surface area contributed by atoms with Gasteiger partial charge < -0.3 is 4.90 Å². The van der Waals surface area contributed by atoms with Gasteiger partial charge in [0.25, 0.3) is 0 Å². The highest BCUT2D eigenvalue weighted by Gasteiger charge is 2.55. The van der Waals surface area contributed by atoms with Crippen LogP contribution in [0.3, 0.4) is 0 Å². The first-order valence-electron chi connectivity index (χ1n) is 7.79. The van der Waals surface area contributed by atoms with E-state index < -0.39 is 5.41 Å². The smallest absolute Gasteiger partial charge is 0.237 e. The van der Waals surface area contributed by atoms with Crippen molar-refractivity contribution in [2.24, 2.45) is 11.8 Å². The van der Waals surface area contributed by atoms with Crippen LogP contribution in [-0.4, -0.2) is 29.7 Å². The van der Waals surface area contributed by atoms with Crippen molar-refractivity contribution in [1.82, 2.24) is 4.90 Å². The molecule has 3 atom stereocenters. The number of likely N-dealkylation sites (N-methyl/N-ethyl adjacent to an activating group) is 1. The third-order valence-corrected chi connectivity index (χ3v) is 6.02. The lowest BCUT2D eigenvalue weighted by atomic mass is 9.58. The SMILES string of the molecule is CCN1CC[C@H]2[C@H](C)C(=O)C(I)=CC2(c2ccccc2)C1=O. The first kappa shape index (κ1) is 15.7. The molecule has 0 N–H and O–H groups in total. The molecular weight excluding hydrogens is 389 g/mol. The number of hydrogen-bond donors (Lipinski definition) is 0. The minimum absolute atomic E-state index is 0.0521. The molecule has 0 bridgehead atoms. The molecule has 1 aliphatic carbocycles. The van der Waals surface area contributed by atoms with Gasteiger partial charge in [0.1, 0.15) is 0 Å². The normalized spacial score (nSPS) is 31.8. The molecule has 1 aromatic carbocycles. The molecule has 1 fully saturated rings. The average molecular weight is 409 g/mol. The van der Waals surface area contributed by atoms with Crippen LogP contribution in [0.2, 0.25) is 0 Å². The Morgan fingerprint density at radius 3 is 2.59 bits per heavy atom. The van der Waals surface area contributed by atoms with Gasteiger partial charge in [-0.2, -0.15) is 0 Å². The lowest BCUT2D eigenvalue weighted by molar-refractivity contribution is -0.144. The van der Waals surface area contributed by atoms with Crippen LogP contribution in [0.25, 0.3) is 0 Å². The number of amides is 1. The topological polar surface area (TPSA) is 37.4 Å². The van der Waals surface area contributed by atoms with E-state index in [9.17, 15) is 9.59 Å². The third kappa shape index (κ3) is 2.14. The van der Waals surface area contributed by atoms with Crippen LogP contribution in [0.15, 0.2) is 40.0 Å². The van der Waals surface area contributed by atoms with Crippen LogP contribution >= 0.6 is 22.6 Å². The summed E-state index contributed by atoms with van der Waals surface area (Å²) in [5.74, 6) is 0.261. The Balaban J connectivity index is 2.24. The fourth-order valence-corrected chi connectivity index (χ4v) is 4.95. The Morgan fingerprint density at radius 1 is 1.27 bits per heavy atom. The van der Waals surface area contributed by atoms with Gasteiger partial charge in [-0.05, 0) is 53.5 Å². The molecule has 4 heteroatoms. The van der Waals surface area contributed by atoms with Crippen molar-refractivity contribution in [2.45, 2.75) is 25.7 Å². The number of carbonyl (C=O) groups is 2. The van der Waals surface area contributed by atoms with E-state index in [4.69, 9.17) is 0 Å². The average Bonchev–Trinajstić information content (AvgIpc) is 2.55. The van der Waals surface area contributed by atoms with Gasteiger partial charge in [-0.3, -0.25) is 9.59 Å². The molecule has 116 valence electrons. The van der Waals surface area contributed by atoms with Gasteiger partial charge in [0, 0.05) is 19.0 Å². The van der Waals surface area contributed by atoms with E-state index in [1.165, 1.54) is 0 Å². The van der Waals surface area contributed by atoms with E-state index in [-0.39, 0.29) is 23.5 Å². The van der Waals surface area contributed by atoms with Crippen molar-refractivity contribution in [3.05, 3.63) is 45.6 Å². The van der Waals surface area contributed by atoms with Crippen LogP contribution in [-0.2, 0) is 15.0 Å². The first-order chi connectivity index (χ1) is 10.5. The van der Waals surface area contributed by atoms with E-state index in [1.807, 2.05) is 55.2 Å². The zero-order valence-corrected chi connectivity index (χ0v) is 15.0. The van der Waals surface area contributed by atoms with Gasteiger partial charge in [0.2, 0.25) is 5.91 Å². The molecule has 3 rings (SSSR count). The first-order valence-corrected chi connectivity index (χ1v) is 8.87. The number of allylic oxidation sites excluding steroid dienone is 1. The Morgan fingerprint density at radius 2 is 1.95 bits per heavy atom. The van der Waals surface area contributed by atoms with Gasteiger partial charge in [0.05, 0.1) is 8.99 Å². The summed E-state index contributed by atoms with van der Waals surface area (Å²) in [5, 5.41) is 0. The zero-order valence-electron chi connectivity index (χ0n) is 12.9.